The third-order valence-corrected chi connectivity index (χ3v) is 4.20. The van der Waals surface area contributed by atoms with Gasteiger partial charge in [0.05, 0.1) is 21.1 Å². The van der Waals surface area contributed by atoms with Crippen LogP contribution in [0.4, 0.5) is 0 Å². The second-order valence-electron chi connectivity index (χ2n) is 4.46. The topological polar surface area (TPSA) is 35.5 Å². The molecule has 0 atom stereocenters. The van der Waals surface area contributed by atoms with Crippen LogP contribution in [0.2, 0.25) is 5.02 Å². The Labute approximate surface area is 150 Å². The molecule has 0 aliphatic rings. The Morgan fingerprint density at radius 2 is 1.77 bits per heavy atom. The van der Waals surface area contributed by atoms with E-state index in [1.54, 1.807) is 36.4 Å². The number of hydrogen-bond acceptors (Lipinski definition) is 3. The molecule has 2 aromatic rings. The summed E-state index contributed by atoms with van der Waals surface area (Å²) >= 11 is 12.6. The van der Waals surface area contributed by atoms with Crippen molar-refractivity contribution in [1.29, 1.82) is 0 Å². The molecule has 0 aliphatic heterocycles. The van der Waals surface area contributed by atoms with Crippen molar-refractivity contribution in [2.24, 2.45) is 0 Å². The summed E-state index contributed by atoms with van der Waals surface area (Å²) in [5.74, 6) is 0.661. The van der Waals surface area contributed by atoms with E-state index in [2.05, 4.69) is 31.9 Å². The summed E-state index contributed by atoms with van der Waals surface area (Å²) in [5.41, 5.74) is 0.428. The fourth-order valence-electron chi connectivity index (χ4n) is 1.67. The van der Waals surface area contributed by atoms with E-state index in [0.717, 1.165) is 6.42 Å². The fourth-order valence-corrected chi connectivity index (χ4v) is 2.93. The van der Waals surface area contributed by atoms with E-state index in [0.29, 0.717) is 37.6 Å². The van der Waals surface area contributed by atoms with Crippen LogP contribution in [0.25, 0.3) is 0 Å². The average molecular weight is 449 g/mol. The van der Waals surface area contributed by atoms with Gasteiger partial charge in [-0.2, -0.15) is 0 Å². The number of carbonyl (C=O) groups is 1. The lowest BCUT2D eigenvalue weighted by atomic mass is 10.2. The molecule has 0 aliphatic carbocycles. The van der Waals surface area contributed by atoms with Gasteiger partial charge < -0.3 is 9.47 Å². The van der Waals surface area contributed by atoms with Crippen LogP contribution in [0.15, 0.2) is 45.3 Å². The van der Waals surface area contributed by atoms with Gasteiger partial charge in [0.1, 0.15) is 11.5 Å². The first-order valence-corrected chi connectivity index (χ1v) is 8.57. The molecule has 2 aromatic carbocycles. The van der Waals surface area contributed by atoms with Crippen LogP contribution in [0.3, 0.4) is 0 Å². The Morgan fingerprint density at radius 3 is 2.41 bits per heavy atom. The highest BCUT2D eigenvalue weighted by Crippen LogP contribution is 2.30. The molecular weight excluding hydrogens is 435 g/mol. The molecule has 6 heteroatoms. The van der Waals surface area contributed by atoms with Gasteiger partial charge in [0.15, 0.2) is 0 Å². The molecule has 0 amide bonds. The Balaban J connectivity index is 2.14. The summed E-state index contributed by atoms with van der Waals surface area (Å²) in [6, 6.07) is 10.1. The average Bonchev–Trinajstić information content (AvgIpc) is 2.48. The summed E-state index contributed by atoms with van der Waals surface area (Å²) in [4.78, 5) is 12.2. The first-order chi connectivity index (χ1) is 10.5. The second kappa shape index (κ2) is 7.99. The van der Waals surface area contributed by atoms with Crippen molar-refractivity contribution in [3.63, 3.8) is 0 Å². The first-order valence-electron chi connectivity index (χ1n) is 6.61. The molecule has 2 rings (SSSR count). The molecule has 3 nitrogen and oxygen atoms in total. The predicted molar refractivity (Wildman–Crippen MR) is 94.0 cm³/mol. The highest BCUT2D eigenvalue weighted by Gasteiger charge is 2.13. The summed E-state index contributed by atoms with van der Waals surface area (Å²) in [6.07, 6.45) is 0.917. The van der Waals surface area contributed by atoms with Crippen LogP contribution >= 0.6 is 43.5 Å². The summed E-state index contributed by atoms with van der Waals surface area (Å²) < 4.78 is 12.2. The van der Waals surface area contributed by atoms with Crippen molar-refractivity contribution in [1.82, 2.24) is 0 Å². The van der Waals surface area contributed by atoms with E-state index >= 15 is 0 Å². The SMILES string of the molecule is CCCOc1ccc(C(=O)Oc2ccc(Cl)cc2Br)cc1Br. The van der Waals surface area contributed by atoms with Gasteiger partial charge in [-0.3, -0.25) is 0 Å². The minimum Gasteiger partial charge on any atom is -0.492 e. The van der Waals surface area contributed by atoms with E-state index in [1.807, 2.05) is 6.92 Å². The lowest BCUT2D eigenvalue weighted by Gasteiger charge is -2.10. The van der Waals surface area contributed by atoms with Crippen molar-refractivity contribution in [2.45, 2.75) is 13.3 Å². The van der Waals surface area contributed by atoms with E-state index in [-0.39, 0.29) is 0 Å². The van der Waals surface area contributed by atoms with Gasteiger partial charge >= 0.3 is 5.97 Å². The standard InChI is InChI=1S/C16H13Br2ClO3/c1-2-7-21-14-5-3-10(8-12(14)17)16(20)22-15-6-4-11(19)9-13(15)18/h3-6,8-9H,2,7H2,1H3. The Morgan fingerprint density at radius 1 is 1.09 bits per heavy atom. The number of ether oxygens (including phenoxy) is 2. The molecule has 0 fully saturated rings. The predicted octanol–water partition coefficient (Wildman–Crippen LogP) is 5.87. The normalized spacial score (nSPS) is 10.4. The molecule has 0 heterocycles. The molecular formula is C16H13Br2ClO3. The summed E-state index contributed by atoms with van der Waals surface area (Å²) in [7, 11) is 0. The van der Waals surface area contributed by atoms with Crippen molar-refractivity contribution in [3.8, 4) is 11.5 Å². The van der Waals surface area contributed by atoms with Crippen LogP contribution in [-0.4, -0.2) is 12.6 Å². The van der Waals surface area contributed by atoms with E-state index in [4.69, 9.17) is 21.1 Å². The largest absolute Gasteiger partial charge is 0.492 e. The third kappa shape index (κ3) is 4.48. The second-order valence-corrected chi connectivity index (χ2v) is 6.60. The smallest absolute Gasteiger partial charge is 0.343 e. The lowest BCUT2D eigenvalue weighted by molar-refractivity contribution is 0.0733. The maximum Gasteiger partial charge on any atom is 0.343 e. The van der Waals surface area contributed by atoms with Gasteiger partial charge in [0.25, 0.3) is 0 Å². The molecule has 0 bridgehead atoms. The van der Waals surface area contributed by atoms with Crippen LogP contribution in [0.5, 0.6) is 11.5 Å². The van der Waals surface area contributed by atoms with Crippen molar-refractivity contribution < 1.29 is 14.3 Å². The summed E-state index contributed by atoms with van der Waals surface area (Å²) in [6.45, 7) is 2.66. The van der Waals surface area contributed by atoms with Crippen molar-refractivity contribution in [3.05, 3.63) is 55.9 Å². The van der Waals surface area contributed by atoms with Gasteiger partial charge in [-0.05, 0) is 74.7 Å². The van der Waals surface area contributed by atoms with Crippen LogP contribution in [-0.2, 0) is 0 Å². The van der Waals surface area contributed by atoms with Gasteiger partial charge in [0, 0.05) is 5.02 Å². The zero-order chi connectivity index (χ0) is 16.1. The zero-order valence-electron chi connectivity index (χ0n) is 11.7. The summed E-state index contributed by atoms with van der Waals surface area (Å²) in [5, 5.41) is 0.562. The Kier molecular flexibility index (Phi) is 6.29. The Bertz CT molecular complexity index is 689. The number of carbonyl (C=O) groups excluding carboxylic acids is 1. The Hall–Kier alpha value is -1.04. The number of benzene rings is 2. The van der Waals surface area contributed by atoms with Crippen LogP contribution in [0, 0.1) is 0 Å². The molecule has 0 unspecified atom stereocenters. The first kappa shape index (κ1) is 17.3. The minimum atomic E-state index is -0.453. The monoisotopic (exact) mass is 446 g/mol. The van der Waals surface area contributed by atoms with Crippen LogP contribution in [0.1, 0.15) is 23.7 Å². The van der Waals surface area contributed by atoms with Crippen molar-refractivity contribution >= 4 is 49.4 Å². The third-order valence-electron chi connectivity index (χ3n) is 2.73. The highest BCUT2D eigenvalue weighted by molar-refractivity contribution is 9.10. The maximum absolute atomic E-state index is 12.2. The molecule has 0 spiro atoms. The molecule has 0 aromatic heterocycles. The molecule has 0 N–H and O–H groups in total. The van der Waals surface area contributed by atoms with Crippen LogP contribution < -0.4 is 9.47 Å². The molecule has 0 radical (unpaired) electrons. The van der Waals surface area contributed by atoms with Gasteiger partial charge in [-0.1, -0.05) is 18.5 Å². The number of esters is 1. The van der Waals surface area contributed by atoms with E-state index in [1.165, 1.54) is 0 Å². The molecule has 22 heavy (non-hydrogen) atoms. The minimum absolute atomic E-state index is 0.414. The van der Waals surface area contributed by atoms with E-state index in [9.17, 15) is 4.79 Å². The number of rotatable bonds is 5. The zero-order valence-corrected chi connectivity index (χ0v) is 15.7. The molecule has 0 saturated heterocycles. The van der Waals surface area contributed by atoms with Gasteiger partial charge in [0.2, 0.25) is 0 Å². The maximum atomic E-state index is 12.2. The number of hydrogen-bond donors (Lipinski definition) is 0. The fraction of sp³-hybridized carbons (Fsp3) is 0.188. The van der Waals surface area contributed by atoms with Crippen molar-refractivity contribution in [2.75, 3.05) is 6.61 Å². The molecule has 0 saturated carbocycles. The highest BCUT2D eigenvalue weighted by atomic mass is 79.9. The van der Waals surface area contributed by atoms with E-state index < -0.39 is 5.97 Å². The lowest BCUT2D eigenvalue weighted by Crippen LogP contribution is -2.09. The number of halogens is 3. The quantitative estimate of drug-likeness (QED) is 0.424. The van der Waals surface area contributed by atoms with Gasteiger partial charge in [-0.15, -0.1) is 0 Å². The van der Waals surface area contributed by atoms with Gasteiger partial charge in [-0.25, -0.2) is 4.79 Å². The molecule has 116 valence electrons.